The van der Waals surface area contributed by atoms with Crippen molar-refractivity contribution in [1.29, 1.82) is 0 Å². The molecule has 1 aromatic carbocycles. The van der Waals surface area contributed by atoms with Gasteiger partial charge in [0, 0.05) is 45.2 Å². The molecule has 2 aliphatic rings. The Balaban J connectivity index is 1.43. The Hall–Kier alpha value is -3.92. The molecule has 1 aliphatic carbocycles. The van der Waals surface area contributed by atoms with Crippen LogP contribution in [-0.2, 0) is 9.59 Å². The molecule has 2 N–H and O–H groups in total. The molecular weight excluding hydrogens is 522 g/mol. The Morgan fingerprint density at radius 1 is 1.08 bits per heavy atom. The number of amides is 4. The lowest BCUT2D eigenvalue weighted by Crippen LogP contribution is -2.40. The van der Waals surface area contributed by atoms with Crippen molar-refractivity contribution in [2.45, 2.75) is 44.6 Å². The summed E-state index contributed by atoms with van der Waals surface area (Å²) >= 11 is 5.90. The Kier molecular flexibility index (Phi) is 7.56. The second kappa shape index (κ2) is 11.1. The summed E-state index contributed by atoms with van der Waals surface area (Å²) < 4.78 is 5.92. The van der Waals surface area contributed by atoms with Crippen molar-refractivity contribution in [3.63, 3.8) is 0 Å². The lowest BCUT2D eigenvalue weighted by Gasteiger charge is -2.34. The molecule has 1 saturated heterocycles. The molecule has 204 valence electrons. The van der Waals surface area contributed by atoms with E-state index in [1.807, 2.05) is 4.90 Å². The molecule has 11 heteroatoms. The Bertz CT molecular complexity index is 1430. The Morgan fingerprint density at radius 3 is 2.49 bits per heavy atom. The number of pyridine rings is 1. The van der Waals surface area contributed by atoms with Gasteiger partial charge in [0.15, 0.2) is 0 Å². The van der Waals surface area contributed by atoms with Gasteiger partial charge in [0.1, 0.15) is 17.1 Å². The first-order valence-electron chi connectivity index (χ1n) is 13.0. The molecule has 2 aromatic heterocycles. The molecule has 1 saturated carbocycles. The lowest BCUT2D eigenvalue weighted by atomic mass is 9.84. The monoisotopic (exact) mass is 551 g/mol. The van der Waals surface area contributed by atoms with Gasteiger partial charge in [0.2, 0.25) is 17.6 Å². The van der Waals surface area contributed by atoms with Crippen LogP contribution in [0.15, 0.2) is 40.9 Å². The average Bonchev–Trinajstić information content (AvgIpc) is 3.53. The number of likely N-dealkylation sites (tertiary alicyclic amines) is 1. The zero-order valence-electron chi connectivity index (χ0n) is 21.8. The third kappa shape index (κ3) is 5.47. The first-order valence-corrected chi connectivity index (χ1v) is 13.4. The van der Waals surface area contributed by atoms with Crippen LogP contribution in [0.3, 0.4) is 0 Å². The molecule has 0 spiro atoms. The number of aromatic nitrogens is 1. The molecule has 5 rings (SSSR count). The van der Waals surface area contributed by atoms with Crippen molar-refractivity contribution in [2.24, 2.45) is 5.92 Å². The van der Waals surface area contributed by atoms with Crippen LogP contribution in [0.4, 0.5) is 11.5 Å². The van der Waals surface area contributed by atoms with E-state index in [1.165, 1.54) is 11.1 Å². The summed E-state index contributed by atoms with van der Waals surface area (Å²) in [6.45, 7) is 0.783. The molecule has 3 heterocycles. The molecule has 0 unspecified atom stereocenters. The fourth-order valence-corrected chi connectivity index (χ4v) is 5.51. The predicted molar refractivity (Wildman–Crippen MR) is 147 cm³/mol. The maximum absolute atomic E-state index is 13.5. The van der Waals surface area contributed by atoms with Gasteiger partial charge in [-0.2, -0.15) is 0 Å². The summed E-state index contributed by atoms with van der Waals surface area (Å²) in [6.07, 6.45) is 5.62. The number of nitrogens with zero attached hydrogens (tertiary/aromatic N) is 3. The van der Waals surface area contributed by atoms with Gasteiger partial charge in [-0.25, -0.2) is 4.98 Å². The second-order valence-corrected chi connectivity index (χ2v) is 10.6. The maximum atomic E-state index is 13.5. The highest BCUT2D eigenvalue weighted by atomic mass is 35.5. The van der Waals surface area contributed by atoms with Crippen LogP contribution in [0.2, 0.25) is 5.02 Å². The number of rotatable bonds is 6. The van der Waals surface area contributed by atoms with E-state index in [9.17, 15) is 19.2 Å². The number of hydrogen-bond acceptors (Lipinski definition) is 6. The minimum Gasteiger partial charge on any atom is -0.449 e. The van der Waals surface area contributed by atoms with E-state index >= 15 is 0 Å². The molecule has 39 heavy (non-hydrogen) atoms. The SMILES string of the molecule is CN(C)C(=O)c1cccc2oc(C(=O)Nc3ccc(Cl)cn3)c(NC(=O)[C@H]3CC[C@H](N4CCCC4=O)CC3)c12. The van der Waals surface area contributed by atoms with E-state index in [0.717, 1.165) is 25.8 Å². The molecule has 3 aromatic rings. The number of carbonyl (C=O) groups is 4. The van der Waals surface area contributed by atoms with Crippen LogP contribution in [0, 0.1) is 5.92 Å². The minimum absolute atomic E-state index is 0.134. The van der Waals surface area contributed by atoms with Gasteiger partial charge in [0.25, 0.3) is 11.8 Å². The van der Waals surface area contributed by atoms with E-state index < -0.39 is 5.91 Å². The first kappa shape index (κ1) is 26.7. The molecule has 2 fully saturated rings. The van der Waals surface area contributed by atoms with E-state index in [0.29, 0.717) is 40.8 Å². The van der Waals surface area contributed by atoms with Crippen molar-refractivity contribution in [3.8, 4) is 0 Å². The molecule has 0 radical (unpaired) electrons. The summed E-state index contributed by atoms with van der Waals surface area (Å²) in [5.74, 6) is -1.16. The highest BCUT2D eigenvalue weighted by molar-refractivity contribution is 6.30. The molecule has 1 aliphatic heterocycles. The standard InChI is InChI=1S/C28H30ClN5O5/c1-33(2)28(38)19-5-3-6-20-23(19)24(25(39-20)27(37)31-21-13-10-17(29)15-30-21)32-26(36)16-8-11-18(12-9-16)34-14-4-7-22(34)35/h3,5-6,10,13,15-16,18H,4,7-9,11-12,14H2,1-2H3,(H,32,36)(H,30,31,37)/t16-,18-. The average molecular weight is 552 g/mol. The number of nitrogens with one attached hydrogen (secondary N) is 2. The largest absolute Gasteiger partial charge is 0.449 e. The lowest BCUT2D eigenvalue weighted by molar-refractivity contribution is -0.130. The fraction of sp³-hybridized carbons (Fsp3) is 0.393. The summed E-state index contributed by atoms with van der Waals surface area (Å²) in [5, 5.41) is 6.36. The van der Waals surface area contributed by atoms with Crippen LogP contribution in [0.1, 0.15) is 59.4 Å². The van der Waals surface area contributed by atoms with Gasteiger partial charge < -0.3 is 24.9 Å². The van der Waals surface area contributed by atoms with Gasteiger partial charge in [0.05, 0.1) is 16.0 Å². The summed E-state index contributed by atoms with van der Waals surface area (Å²) in [7, 11) is 3.26. The zero-order chi connectivity index (χ0) is 27.7. The summed E-state index contributed by atoms with van der Waals surface area (Å²) in [6, 6.07) is 8.24. The third-order valence-corrected chi connectivity index (χ3v) is 7.62. The second-order valence-electron chi connectivity index (χ2n) is 10.2. The van der Waals surface area contributed by atoms with Crippen LogP contribution in [0.5, 0.6) is 0 Å². The molecule has 10 nitrogen and oxygen atoms in total. The highest BCUT2D eigenvalue weighted by Gasteiger charge is 2.35. The van der Waals surface area contributed by atoms with Crippen LogP contribution >= 0.6 is 11.6 Å². The van der Waals surface area contributed by atoms with Gasteiger partial charge in [-0.3, -0.25) is 19.2 Å². The van der Waals surface area contributed by atoms with Crippen LogP contribution in [0.25, 0.3) is 11.0 Å². The van der Waals surface area contributed by atoms with Gasteiger partial charge in [-0.1, -0.05) is 17.7 Å². The van der Waals surface area contributed by atoms with Crippen molar-refractivity contribution in [3.05, 3.63) is 52.9 Å². The van der Waals surface area contributed by atoms with Crippen molar-refractivity contribution < 1.29 is 23.6 Å². The maximum Gasteiger partial charge on any atom is 0.294 e. The molecule has 0 atom stereocenters. The number of fused-ring (bicyclic) bond motifs is 1. The van der Waals surface area contributed by atoms with Crippen molar-refractivity contribution >= 4 is 57.7 Å². The molecule has 0 bridgehead atoms. The van der Waals surface area contributed by atoms with Crippen molar-refractivity contribution in [1.82, 2.24) is 14.8 Å². The normalized spacial score (nSPS) is 19.3. The van der Waals surface area contributed by atoms with E-state index in [1.54, 1.807) is 44.4 Å². The summed E-state index contributed by atoms with van der Waals surface area (Å²) in [5.41, 5.74) is 0.740. The number of benzene rings is 1. The van der Waals surface area contributed by atoms with E-state index in [4.69, 9.17) is 16.0 Å². The zero-order valence-corrected chi connectivity index (χ0v) is 22.6. The van der Waals surface area contributed by atoms with Gasteiger partial charge in [-0.05, 0) is 56.4 Å². The fourth-order valence-electron chi connectivity index (χ4n) is 5.40. The quantitative estimate of drug-likeness (QED) is 0.463. The summed E-state index contributed by atoms with van der Waals surface area (Å²) in [4.78, 5) is 59.5. The molecular formula is C28H30ClN5O5. The van der Waals surface area contributed by atoms with Crippen LogP contribution < -0.4 is 10.6 Å². The Morgan fingerprint density at radius 2 is 1.85 bits per heavy atom. The van der Waals surface area contributed by atoms with E-state index in [-0.39, 0.29) is 46.9 Å². The van der Waals surface area contributed by atoms with Crippen LogP contribution in [-0.4, -0.2) is 65.1 Å². The Labute approximate surface area is 230 Å². The number of carbonyl (C=O) groups excluding carboxylic acids is 4. The number of furan rings is 1. The molecule has 4 amide bonds. The van der Waals surface area contributed by atoms with E-state index in [2.05, 4.69) is 15.6 Å². The van der Waals surface area contributed by atoms with Gasteiger partial charge >= 0.3 is 0 Å². The minimum atomic E-state index is -0.629. The van der Waals surface area contributed by atoms with Gasteiger partial charge in [-0.15, -0.1) is 0 Å². The topological polar surface area (TPSA) is 125 Å². The number of halogens is 1. The predicted octanol–water partition coefficient (Wildman–Crippen LogP) is 4.56. The third-order valence-electron chi connectivity index (χ3n) is 7.39. The highest BCUT2D eigenvalue weighted by Crippen LogP contribution is 2.37. The first-order chi connectivity index (χ1) is 18.7. The number of anilines is 2. The smallest absolute Gasteiger partial charge is 0.294 e. The number of hydrogen-bond donors (Lipinski definition) is 2. The van der Waals surface area contributed by atoms with Crippen molar-refractivity contribution in [2.75, 3.05) is 31.3 Å².